The number of nitrogens with one attached hydrogen (secondary N) is 2. The maximum absolute atomic E-state index is 12.8. The van der Waals surface area contributed by atoms with Gasteiger partial charge in [0.2, 0.25) is 5.91 Å². The van der Waals surface area contributed by atoms with Gasteiger partial charge in [0, 0.05) is 24.0 Å². The van der Waals surface area contributed by atoms with Crippen molar-refractivity contribution in [2.24, 2.45) is 5.73 Å². The van der Waals surface area contributed by atoms with Crippen molar-refractivity contribution in [1.82, 2.24) is 9.97 Å². The molecule has 4 N–H and O–H groups in total. The van der Waals surface area contributed by atoms with Crippen molar-refractivity contribution in [2.75, 3.05) is 5.32 Å². The van der Waals surface area contributed by atoms with E-state index in [2.05, 4.69) is 9.97 Å². The van der Waals surface area contributed by atoms with Crippen molar-refractivity contribution in [2.45, 2.75) is 24.8 Å². The fourth-order valence-electron chi connectivity index (χ4n) is 1.99. The van der Waals surface area contributed by atoms with Crippen LogP contribution in [0.5, 0.6) is 0 Å². The average molecular weight is 366 g/mol. The van der Waals surface area contributed by atoms with Crippen LogP contribution in [0, 0.1) is 0 Å². The monoisotopic (exact) mass is 366 g/mol. The molecule has 0 bridgehead atoms. The average Bonchev–Trinajstić information content (AvgIpc) is 2.98. The van der Waals surface area contributed by atoms with Gasteiger partial charge in [-0.15, -0.1) is 0 Å². The summed E-state index contributed by atoms with van der Waals surface area (Å²) in [6.07, 6.45) is -7.30. The van der Waals surface area contributed by atoms with Gasteiger partial charge >= 0.3 is 12.4 Å². The molecular weight excluding hydrogens is 354 g/mol. The summed E-state index contributed by atoms with van der Waals surface area (Å²) in [7, 11) is 0. The minimum atomic E-state index is -5.00. The number of nitrogens with zero attached hydrogens (tertiary/aromatic N) is 1. The summed E-state index contributed by atoms with van der Waals surface area (Å²) >= 11 is 0. The molecule has 0 unspecified atom stereocenters. The summed E-state index contributed by atoms with van der Waals surface area (Å²) in [6, 6.07) is -0.393. The molecule has 136 valence electrons. The Labute approximate surface area is 137 Å². The minimum absolute atomic E-state index is 0.0169. The van der Waals surface area contributed by atoms with Crippen LogP contribution in [0.1, 0.15) is 16.8 Å². The van der Waals surface area contributed by atoms with E-state index in [1.165, 1.54) is 12.5 Å². The van der Waals surface area contributed by atoms with Gasteiger partial charge < -0.3 is 16.0 Å². The van der Waals surface area contributed by atoms with Gasteiger partial charge in [-0.25, -0.2) is 4.98 Å². The molecule has 0 fully saturated rings. The molecule has 1 atom stereocenters. The van der Waals surface area contributed by atoms with Crippen molar-refractivity contribution in [3.63, 3.8) is 0 Å². The van der Waals surface area contributed by atoms with E-state index in [-0.39, 0.29) is 12.5 Å². The fraction of sp³-hybridized carbons (Fsp3) is 0.286. The smallest absolute Gasteiger partial charge is 0.348 e. The van der Waals surface area contributed by atoms with Gasteiger partial charge in [-0.05, 0) is 18.2 Å². The third kappa shape index (κ3) is 4.95. The highest BCUT2D eigenvalue weighted by molar-refractivity contribution is 5.95. The normalized spacial score (nSPS) is 13.6. The van der Waals surface area contributed by atoms with Gasteiger partial charge in [-0.3, -0.25) is 4.79 Å². The van der Waals surface area contributed by atoms with Crippen molar-refractivity contribution < 1.29 is 31.1 Å². The van der Waals surface area contributed by atoms with Crippen molar-refractivity contribution in [3.8, 4) is 0 Å². The molecule has 11 heteroatoms. The zero-order valence-corrected chi connectivity index (χ0v) is 12.4. The molecule has 0 saturated heterocycles. The van der Waals surface area contributed by atoms with Crippen LogP contribution in [0.3, 0.4) is 0 Å². The summed E-state index contributed by atoms with van der Waals surface area (Å²) in [5, 5.41) is 1.98. The highest BCUT2D eigenvalue weighted by Gasteiger charge is 2.37. The van der Waals surface area contributed by atoms with E-state index in [0.29, 0.717) is 17.8 Å². The number of hydrogen-bond donors (Lipinski definition) is 3. The number of aromatic nitrogens is 2. The van der Waals surface area contributed by atoms with Gasteiger partial charge in [-0.2, -0.15) is 26.3 Å². The van der Waals surface area contributed by atoms with Crippen LogP contribution in [0.4, 0.5) is 32.0 Å². The maximum Gasteiger partial charge on any atom is 0.416 e. The second kappa shape index (κ2) is 6.75. The molecule has 5 nitrogen and oxygen atoms in total. The first-order chi connectivity index (χ1) is 11.5. The van der Waals surface area contributed by atoms with E-state index in [1.54, 1.807) is 0 Å². The molecule has 0 saturated carbocycles. The highest BCUT2D eigenvalue weighted by atomic mass is 19.4. The van der Waals surface area contributed by atoms with Crippen LogP contribution in [-0.4, -0.2) is 21.9 Å². The fourth-order valence-corrected chi connectivity index (χ4v) is 1.99. The van der Waals surface area contributed by atoms with Crippen LogP contribution in [0.2, 0.25) is 0 Å². The Hall–Kier alpha value is -2.56. The van der Waals surface area contributed by atoms with Crippen LogP contribution >= 0.6 is 0 Å². The van der Waals surface area contributed by atoms with E-state index in [0.717, 1.165) is 0 Å². The quantitative estimate of drug-likeness (QED) is 0.728. The van der Waals surface area contributed by atoms with E-state index < -0.39 is 41.1 Å². The van der Waals surface area contributed by atoms with Gasteiger partial charge in [-0.1, -0.05) is 0 Å². The molecule has 0 radical (unpaired) electrons. The second-order valence-electron chi connectivity index (χ2n) is 5.17. The van der Waals surface area contributed by atoms with Crippen molar-refractivity contribution in [1.29, 1.82) is 0 Å². The number of halogens is 6. The Balaban J connectivity index is 2.24. The Morgan fingerprint density at radius 1 is 1.12 bits per heavy atom. The lowest BCUT2D eigenvalue weighted by Gasteiger charge is -2.16. The van der Waals surface area contributed by atoms with Crippen LogP contribution < -0.4 is 11.1 Å². The molecule has 1 amide bonds. The molecule has 1 aromatic heterocycles. The number of rotatable bonds is 4. The first kappa shape index (κ1) is 18.8. The number of amides is 1. The first-order valence-electron chi connectivity index (χ1n) is 6.80. The Kier molecular flexibility index (Phi) is 5.07. The molecule has 0 aliphatic carbocycles. The first-order valence-corrected chi connectivity index (χ1v) is 6.80. The zero-order chi connectivity index (χ0) is 18.8. The van der Waals surface area contributed by atoms with E-state index in [4.69, 9.17) is 5.73 Å². The van der Waals surface area contributed by atoms with Crippen LogP contribution in [0.25, 0.3) is 0 Å². The summed E-state index contributed by atoms with van der Waals surface area (Å²) in [5.74, 6) is -0.929. The summed E-state index contributed by atoms with van der Waals surface area (Å²) in [4.78, 5) is 18.3. The topological polar surface area (TPSA) is 83.8 Å². The third-order valence-electron chi connectivity index (χ3n) is 3.19. The Morgan fingerprint density at radius 3 is 2.12 bits per heavy atom. The molecule has 25 heavy (non-hydrogen) atoms. The Morgan fingerprint density at radius 2 is 1.68 bits per heavy atom. The standard InChI is InChI=1S/C14H12F6N4O/c15-13(16,17)7-1-8(14(18,19)20)3-9(2-7)24-12(25)11(21)4-10-5-22-6-23-10/h1-3,5-6,11H,4,21H2,(H,22,23)(H,24,25)/t11-/m0/s1. The highest BCUT2D eigenvalue weighted by Crippen LogP contribution is 2.37. The summed E-state index contributed by atoms with van der Waals surface area (Å²) in [6.45, 7) is 0. The van der Waals surface area contributed by atoms with Gasteiger partial charge in [0.15, 0.2) is 0 Å². The maximum atomic E-state index is 12.8. The number of anilines is 1. The van der Waals surface area contributed by atoms with Gasteiger partial charge in [0.1, 0.15) is 0 Å². The van der Waals surface area contributed by atoms with E-state index in [1.807, 2.05) is 5.32 Å². The lowest BCUT2D eigenvalue weighted by atomic mass is 10.1. The number of carbonyl (C=O) groups excluding carboxylic acids is 1. The molecule has 0 spiro atoms. The number of benzene rings is 1. The van der Waals surface area contributed by atoms with Crippen molar-refractivity contribution in [3.05, 3.63) is 47.5 Å². The number of aromatic amines is 1. The molecule has 1 aromatic carbocycles. The predicted molar refractivity (Wildman–Crippen MR) is 75.3 cm³/mol. The summed E-state index contributed by atoms with van der Waals surface area (Å²) < 4.78 is 76.6. The molecule has 2 rings (SSSR count). The number of imidazole rings is 1. The van der Waals surface area contributed by atoms with Gasteiger partial charge in [0.05, 0.1) is 23.5 Å². The van der Waals surface area contributed by atoms with Gasteiger partial charge in [0.25, 0.3) is 0 Å². The van der Waals surface area contributed by atoms with E-state index in [9.17, 15) is 31.1 Å². The van der Waals surface area contributed by atoms with Crippen LogP contribution in [-0.2, 0) is 23.6 Å². The lowest BCUT2D eigenvalue weighted by Crippen LogP contribution is -2.37. The van der Waals surface area contributed by atoms with Crippen molar-refractivity contribution >= 4 is 11.6 Å². The number of nitrogens with two attached hydrogens (primary N) is 1. The SMILES string of the molecule is N[C@@H](Cc1cnc[nH]1)C(=O)Nc1cc(C(F)(F)F)cc(C(F)(F)F)c1. The lowest BCUT2D eigenvalue weighted by molar-refractivity contribution is -0.143. The Bertz CT molecular complexity index is 707. The largest absolute Gasteiger partial charge is 0.416 e. The number of H-pyrrole nitrogens is 1. The molecule has 0 aliphatic heterocycles. The third-order valence-corrected chi connectivity index (χ3v) is 3.19. The molecule has 2 aromatic rings. The minimum Gasteiger partial charge on any atom is -0.348 e. The number of hydrogen-bond acceptors (Lipinski definition) is 3. The molecule has 0 aliphatic rings. The van der Waals surface area contributed by atoms with Crippen LogP contribution in [0.15, 0.2) is 30.7 Å². The molecule has 1 heterocycles. The second-order valence-corrected chi connectivity index (χ2v) is 5.17. The summed E-state index contributed by atoms with van der Waals surface area (Å²) in [5.41, 5.74) is 2.39. The number of alkyl halides is 6. The predicted octanol–water partition coefficient (Wildman–Crippen LogP) is 2.96. The van der Waals surface area contributed by atoms with E-state index >= 15 is 0 Å². The number of carbonyl (C=O) groups is 1. The molecular formula is C14H12F6N4O. The zero-order valence-electron chi connectivity index (χ0n) is 12.4.